The van der Waals surface area contributed by atoms with Crippen molar-refractivity contribution >= 4 is 34.2 Å². The molecule has 2 heterocycles. The lowest BCUT2D eigenvalue weighted by Crippen LogP contribution is -1.89. The normalized spacial score (nSPS) is 11.3. The number of methoxy groups -OCH3 is 1. The fourth-order valence-electron chi connectivity index (χ4n) is 2.23. The van der Waals surface area contributed by atoms with Crippen molar-refractivity contribution in [2.24, 2.45) is 0 Å². The highest BCUT2D eigenvalue weighted by molar-refractivity contribution is 6.31. The Balaban J connectivity index is 2.13. The Hall–Kier alpha value is -2.90. The molecule has 3 aromatic rings. The van der Waals surface area contributed by atoms with Crippen LogP contribution >= 0.6 is 11.6 Å². The Labute approximate surface area is 138 Å². The highest BCUT2D eigenvalue weighted by Gasteiger charge is 2.07. The first-order chi connectivity index (χ1) is 11.2. The average molecular weight is 322 g/mol. The van der Waals surface area contributed by atoms with E-state index in [2.05, 4.69) is 16.0 Å². The van der Waals surface area contributed by atoms with Crippen molar-refractivity contribution in [1.82, 2.24) is 9.97 Å². The molecule has 2 aromatic heterocycles. The van der Waals surface area contributed by atoms with Gasteiger partial charge in [-0.2, -0.15) is 5.26 Å². The molecule has 0 unspecified atom stereocenters. The molecule has 0 spiro atoms. The number of pyridine rings is 2. The van der Waals surface area contributed by atoms with Crippen molar-refractivity contribution in [3.05, 3.63) is 65.1 Å². The van der Waals surface area contributed by atoms with Crippen LogP contribution in [0, 0.1) is 11.3 Å². The van der Waals surface area contributed by atoms with E-state index in [9.17, 15) is 5.26 Å². The van der Waals surface area contributed by atoms with Crippen LogP contribution < -0.4 is 4.74 Å². The molecular weight excluding hydrogens is 310 g/mol. The zero-order valence-electron chi connectivity index (χ0n) is 12.3. The summed E-state index contributed by atoms with van der Waals surface area (Å²) in [6, 6.07) is 13.2. The first kappa shape index (κ1) is 15.0. The van der Waals surface area contributed by atoms with E-state index in [1.54, 1.807) is 31.6 Å². The lowest BCUT2D eigenvalue weighted by molar-refractivity contribution is 0.415. The minimum absolute atomic E-state index is 0.347. The molecule has 0 radical (unpaired) electrons. The van der Waals surface area contributed by atoms with Gasteiger partial charge in [0.05, 0.1) is 24.3 Å². The zero-order valence-corrected chi connectivity index (χ0v) is 13.1. The monoisotopic (exact) mass is 321 g/mol. The summed E-state index contributed by atoms with van der Waals surface area (Å²) in [5, 5.41) is 10.6. The van der Waals surface area contributed by atoms with Crippen molar-refractivity contribution in [2.75, 3.05) is 7.11 Å². The van der Waals surface area contributed by atoms with Crippen molar-refractivity contribution in [3.63, 3.8) is 0 Å². The van der Waals surface area contributed by atoms with Gasteiger partial charge < -0.3 is 4.74 Å². The largest absolute Gasteiger partial charge is 0.497 e. The Bertz CT molecular complexity index is 930. The number of nitrogens with zero attached hydrogens (tertiary/aromatic N) is 3. The number of fused-ring (bicyclic) bond motifs is 1. The number of aromatic nitrogens is 2. The topological polar surface area (TPSA) is 58.8 Å². The summed E-state index contributed by atoms with van der Waals surface area (Å²) in [6.07, 6.45) is 5.01. The van der Waals surface area contributed by atoms with Gasteiger partial charge in [0.25, 0.3) is 0 Å². The van der Waals surface area contributed by atoms with E-state index in [4.69, 9.17) is 16.3 Å². The Morgan fingerprint density at radius 3 is 2.87 bits per heavy atom. The van der Waals surface area contributed by atoms with Gasteiger partial charge in [-0.25, -0.2) is 4.98 Å². The average Bonchev–Trinajstić information content (AvgIpc) is 2.60. The van der Waals surface area contributed by atoms with Gasteiger partial charge in [0.2, 0.25) is 0 Å². The van der Waals surface area contributed by atoms with Crippen LogP contribution in [0.4, 0.5) is 0 Å². The second-order valence-electron chi connectivity index (χ2n) is 4.84. The molecule has 23 heavy (non-hydrogen) atoms. The fourth-order valence-corrected chi connectivity index (χ4v) is 2.43. The number of benzene rings is 1. The summed E-state index contributed by atoms with van der Waals surface area (Å²) in [7, 11) is 1.61. The molecule has 0 bridgehead atoms. The molecular formula is C18H12ClN3O. The van der Waals surface area contributed by atoms with Crippen molar-refractivity contribution in [2.45, 2.75) is 0 Å². The van der Waals surface area contributed by atoms with Crippen LogP contribution in [0.1, 0.15) is 11.1 Å². The van der Waals surface area contributed by atoms with E-state index in [1.807, 2.05) is 30.3 Å². The number of allylic oxidation sites excluding steroid dienone is 1. The summed E-state index contributed by atoms with van der Waals surface area (Å²) in [4.78, 5) is 8.41. The highest BCUT2D eigenvalue weighted by Crippen LogP contribution is 2.27. The maximum absolute atomic E-state index is 9.40. The molecule has 4 nitrogen and oxygen atoms in total. The van der Waals surface area contributed by atoms with Crippen molar-refractivity contribution < 1.29 is 4.74 Å². The molecule has 3 rings (SSSR count). The molecule has 0 aliphatic heterocycles. The minimum atomic E-state index is 0.347. The van der Waals surface area contributed by atoms with E-state index >= 15 is 0 Å². The van der Waals surface area contributed by atoms with Gasteiger partial charge in [0.15, 0.2) is 0 Å². The van der Waals surface area contributed by atoms with E-state index in [0.717, 1.165) is 22.2 Å². The molecule has 112 valence electrons. The van der Waals surface area contributed by atoms with Crippen LogP contribution in [-0.2, 0) is 0 Å². The first-order valence-electron chi connectivity index (χ1n) is 6.88. The van der Waals surface area contributed by atoms with Crippen LogP contribution in [0.3, 0.4) is 0 Å². The van der Waals surface area contributed by atoms with Gasteiger partial charge in [-0.15, -0.1) is 0 Å². The number of halogens is 1. The van der Waals surface area contributed by atoms with Crippen LogP contribution in [0.5, 0.6) is 5.75 Å². The number of ether oxygens (including phenoxy) is 1. The molecule has 0 amide bonds. The Morgan fingerprint density at radius 1 is 1.30 bits per heavy atom. The first-order valence-corrected chi connectivity index (χ1v) is 7.25. The molecule has 0 atom stereocenters. The molecule has 0 saturated heterocycles. The van der Waals surface area contributed by atoms with E-state index in [0.29, 0.717) is 16.3 Å². The third-order valence-electron chi connectivity index (χ3n) is 3.40. The lowest BCUT2D eigenvalue weighted by atomic mass is 10.1. The van der Waals surface area contributed by atoms with Gasteiger partial charge in [0.1, 0.15) is 10.9 Å². The second kappa shape index (κ2) is 6.47. The predicted octanol–water partition coefficient (Wildman–Crippen LogP) is 4.36. The third-order valence-corrected chi connectivity index (χ3v) is 3.70. The summed E-state index contributed by atoms with van der Waals surface area (Å²) in [5.41, 5.74) is 2.65. The summed E-state index contributed by atoms with van der Waals surface area (Å²) in [6.45, 7) is 0. The van der Waals surface area contributed by atoms with Crippen LogP contribution in [0.25, 0.3) is 22.6 Å². The lowest BCUT2D eigenvalue weighted by Gasteiger charge is -2.06. The van der Waals surface area contributed by atoms with Gasteiger partial charge in [0, 0.05) is 28.9 Å². The number of hydrogen-bond acceptors (Lipinski definition) is 4. The fraction of sp³-hybridized carbons (Fsp3) is 0.0556. The minimum Gasteiger partial charge on any atom is -0.497 e. The molecule has 1 aromatic carbocycles. The summed E-state index contributed by atoms with van der Waals surface area (Å²) < 4.78 is 5.23. The molecule has 0 saturated carbocycles. The predicted molar refractivity (Wildman–Crippen MR) is 91.0 cm³/mol. The molecule has 0 N–H and O–H groups in total. The van der Waals surface area contributed by atoms with Crippen LogP contribution in [-0.4, -0.2) is 17.1 Å². The van der Waals surface area contributed by atoms with Crippen molar-refractivity contribution in [3.8, 4) is 11.8 Å². The van der Waals surface area contributed by atoms with Crippen LogP contribution in [0.15, 0.2) is 48.8 Å². The molecule has 0 aliphatic carbocycles. The SMILES string of the molecule is COc1ccc2nc(Cl)c(/C=C(\C#N)c3cccnc3)cc2c1. The molecule has 0 aliphatic rings. The summed E-state index contributed by atoms with van der Waals surface area (Å²) >= 11 is 6.25. The quantitative estimate of drug-likeness (QED) is 0.531. The number of hydrogen-bond donors (Lipinski definition) is 0. The van der Waals surface area contributed by atoms with Gasteiger partial charge in [-0.3, -0.25) is 4.98 Å². The van der Waals surface area contributed by atoms with E-state index in [-0.39, 0.29) is 0 Å². The standard InChI is InChI=1S/C18H12ClN3O/c1-23-16-4-5-17-13(9-16)7-14(18(19)22-17)8-15(10-20)12-3-2-6-21-11-12/h2-9,11H,1H3/b15-8+. The number of nitriles is 1. The van der Waals surface area contributed by atoms with Crippen LogP contribution in [0.2, 0.25) is 5.15 Å². The van der Waals surface area contributed by atoms with E-state index in [1.165, 1.54) is 0 Å². The van der Waals surface area contributed by atoms with Gasteiger partial charge in [-0.1, -0.05) is 17.7 Å². The second-order valence-corrected chi connectivity index (χ2v) is 5.20. The number of rotatable bonds is 3. The third kappa shape index (κ3) is 3.15. The Morgan fingerprint density at radius 2 is 2.17 bits per heavy atom. The summed E-state index contributed by atoms with van der Waals surface area (Å²) in [5.74, 6) is 0.740. The van der Waals surface area contributed by atoms with E-state index < -0.39 is 0 Å². The zero-order chi connectivity index (χ0) is 16.2. The van der Waals surface area contributed by atoms with Crippen molar-refractivity contribution in [1.29, 1.82) is 5.26 Å². The molecule has 0 fully saturated rings. The molecule has 5 heteroatoms. The smallest absolute Gasteiger partial charge is 0.137 e. The maximum atomic E-state index is 9.40. The Kier molecular flexibility index (Phi) is 4.22. The highest BCUT2D eigenvalue weighted by atomic mass is 35.5. The maximum Gasteiger partial charge on any atom is 0.137 e. The van der Waals surface area contributed by atoms with Gasteiger partial charge in [-0.05, 0) is 36.4 Å². The van der Waals surface area contributed by atoms with Gasteiger partial charge >= 0.3 is 0 Å².